The van der Waals surface area contributed by atoms with Gasteiger partial charge in [0.2, 0.25) is 0 Å². The maximum absolute atomic E-state index is 4.68. The highest BCUT2D eigenvalue weighted by Crippen LogP contribution is 2.06. The lowest BCUT2D eigenvalue weighted by atomic mass is 10.1. The van der Waals surface area contributed by atoms with E-state index < -0.39 is 0 Å². The van der Waals surface area contributed by atoms with Crippen molar-refractivity contribution in [3.63, 3.8) is 0 Å². The summed E-state index contributed by atoms with van der Waals surface area (Å²) < 4.78 is 0. The second kappa shape index (κ2) is 6.31. The maximum atomic E-state index is 4.68. The molecule has 0 aromatic heterocycles. The van der Waals surface area contributed by atoms with Crippen LogP contribution in [0.4, 0.5) is 0 Å². The van der Waals surface area contributed by atoms with E-state index >= 15 is 0 Å². The van der Waals surface area contributed by atoms with E-state index in [2.05, 4.69) is 62.1 Å². The zero-order valence-corrected chi connectivity index (χ0v) is 10.8. The van der Waals surface area contributed by atoms with Crippen molar-refractivity contribution in [3.05, 3.63) is 35.9 Å². The van der Waals surface area contributed by atoms with Gasteiger partial charge in [-0.3, -0.25) is 4.99 Å². The fourth-order valence-corrected chi connectivity index (χ4v) is 1.52. The summed E-state index contributed by atoms with van der Waals surface area (Å²) in [6.07, 6.45) is 1.04. The molecular formula is C14H22N2. The maximum Gasteiger partial charge on any atom is 0.0990 e. The fourth-order valence-electron chi connectivity index (χ4n) is 1.52. The van der Waals surface area contributed by atoms with Gasteiger partial charge in [-0.2, -0.15) is 0 Å². The van der Waals surface area contributed by atoms with E-state index in [1.54, 1.807) is 0 Å². The molecule has 0 heterocycles. The molecular weight excluding hydrogens is 196 g/mol. The zero-order valence-electron chi connectivity index (χ0n) is 10.8. The van der Waals surface area contributed by atoms with E-state index in [0.29, 0.717) is 5.92 Å². The van der Waals surface area contributed by atoms with Crippen LogP contribution in [0.25, 0.3) is 0 Å². The van der Waals surface area contributed by atoms with Crippen molar-refractivity contribution in [1.29, 1.82) is 0 Å². The predicted octanol–water partition coefficient (Wildman–Crippen LogP) is 3.19. The number of nitrogens with zero attached hydrogens (tertiary/aromatic N) is 2. The van der Waals surface area contributed by atoms with Gasteiger partial charge in [-0.1, -0.05) is 44.2 Å². The number of aliphatic imine (C=N–C) groups is 1. The average Bonchev–Trinajstić information content (AvgIpc) is 2.25. The van der Waals surface area contributed by atoms with Crippen LogP contribution in [0.15, 0.2) is 35.3 Å². The minimum absolute atomic E-state index is 0.650. The monoisotopic (exact) mass is 218 g/mol. The highest BCUT2D eigenvalue weighted by atomic mass is 15.1. The molecule has 2 nitrogen and oxygen atoms in total. The van der Waals surface area contributed by atoms with Gasteiger partial charge in [0.1, 0.15) is 0 Å². The fraction of sp³-hybridized carbons (Fsp3) is 0.500. The van der Waals surface area contributed by atoms with E-state index in [1.165, 1.54) is 11.4 Å². The number of amidine groups is 1. The smallest absolute Gasteiger partial charge is 0.0990 e. The van der Waals surface area contributed by atoms with Crippen molar-refractivity contribution in [3.8, 4) is 0 Å². The molecule has 0 spiro atoms. The summed E-state index contributed by atoms with van der Waals surface area (Å²) in [7, 11) is 4.12. The van der Waals surface area contributed by atoms with Gasteiger partial charge in [0.15, 0.2) is 0 Å². The quantitative estimate of drug-likeness (QED) is 0.560. The minimum atomic E-state index is 0.650. The summed E-state index contributed by atoms with van der Waals surface area (Å²) in [4.78, 5) is 6.79. The summed E-state index contributed by atoms with van der Waals surface area (Å²) in [6.45, 7) is 5.23. The Labute approximate surface area is 99.0 Å². The SMILES string of the molecule is CC(C)CC(=NCc1ccccc1)N(C)C. The molecule has 1 rings (SSSR count). The predicted molar refractivity (Wildman–Crippen MR) is 70.7 cm³/mol. The van der Waals surface area contributed by atoms with Crippen molar-refractivity contribution in [1.82, 2.24) is 4.90 Å². The Morgan fingerprint density at radius 2 is 1.81 bits per heavy atom. The van der Waals surface area contributed by atoms with Crippen molar-refractivity contribution in [2.45, 2.75) is 26.8 Å². The third kappa shape index (κ3) is 4.47. The molecule has 0 aliphatic rings. The lowest BCUT2D eigenvalue weighted by Crippen LogP contribution is -2.23. The van der Waals surface area contributed by atoms with E-state index in [-0.39, 0.29) is 0 Å². The average molecular weight is 218 g/mol. The Kier molecular flexibility index (Phi) is 5.03. The van der Waals surface area contributed by atoms with Crippen molar-refractivity contribution in [2.75, 3.05) is 14.1 Å². The van der Waals surface area contributed by atoms with Crippen molar-refractivity contribution in [2.24, 2.45) is 10.9 Å². The molecule has 0 amide bonds. The summed E-state index contributed by atoms with van der Waals surface area (Å²) in [5, 5.41) is 0. The molecule has 0 aliphatic carbocycles. The van der Waals surface area contributed by atoms with Crippen LogP contribution in [-0.2, 0) is 6.54 Å². The first-order valence-electron chi connectivity index (χ1n) is 5.84. The molecule has 0 aliphatic heterocycles. The topological polar surface area (TPSA) is 15.6 Å². The molecule has 0 bridgehead atoms. The van der Waals surface area contributed by atoms with Crippen LogP contribution < -0.4 is 0 Å². The van der Waals surface area contributed by atoms with E-state index in [1.807, 2.05) is 6.07 Å². The number of hydrogen-bond donors (Lipinski definition) is 0. The van der Waals surface area contributed by atoms with Crippen LogP contribution in [-0.4, -0.2) is 24.8 Å². The largest absolute Gasteiger partial charge is 0.366 e. The highest BCUT2D eigenvalue weighted by Gasteiger charge is 2.04. The van der Waals surface area contributed by atoms with Crippen molar-refractivity contribution < 1.29 is 0 Å². The Morgan fingerprint density at radius 1 is 1.19 bits per heavy atom. The standard InChI is InChI=1S/C14H22N2/c1-12(2)10-14(16(3)4)15-11-13-8-6-5-7-9-13/h5-9,12H,10-11H2,1-4H3. The van der Waals surface area contributed by atoms with Gasteiger partial charge in [0.05, 0.1) is 12.4 Å². The summed E-state index contributed by atoms with van der Waals surface area (Å²) >= 11 is 0. The summed E-state index contributed by atoms with van der Waals surface area (Å²) in [6, 6.07) is 10.4. The molecule has 0 atom stereocenters. The lowest BCUT2D eigenvalue weighted by molar-refractivity contribution is 0.560. The highest BCUT2D eigenvalue weighted by molar-refractivity contribution is 5.82. The number of benzene rings is 1. The van der Waals surface area contributed by atoms with E-state index in [9.17, 15) is 0 Å². The Hall–Kier alpha value is -1.31. The third-order valence-corrected chi connectivity index (χ3v) is 2.39. The second-order valence-corrected chi connectivity index (χ2v) is 4.71. The van der Waals surface area contributed by atoms with Gasteiger partial charge < -0.3 is 4.90 Å². The first kappa shape index (κ1) is 12.8. The summed E-state index contributed by atoms with van der Waals surface area (Å²) in [5.74, 6) is 1.83. The first-order valence-corrected chi connectivity index (χ1v) is 5.84. The van der Waals surface area contributed by atoms with Gasteiger partial charge in [0.25, 0.3) is 0 Å². The van der Waals surface area contributed by atoms with E-state index in [4.69, 9.17) is 0 Å². The molecule has 2 heteroatoms. The Balaban J connectivity index is 2.65. The third-order valence-electron chi connectivity index (χ3n) is 2.39. The van der Waals surface area contributed by atoms with Crippen molar-refractivity contribution >= 4 is 5.84 Å². The van der Waals surface area contributed by atoms with Gasteiger partial charge in [0, 0.05) is 20.5 Å². The Bertz CT molecular complexity index is 326. The number of hydrogen-bond acceptors (Lipinski definition) is 1. The van der Waals surface area contributed by atoms with Crippen LogP contribution in [0, 0.1) is 5.92 Å². The van der Waals surface area contributed by atoms with Gasteiger partial charge in [-0.25, -0.2) is 0 Å². The molecule has 0 fully saturated rings. The zero-order chi connectivity index (χ0) is 12.0. The van der Waals surface area contributed by atoms with Gasteiger partial charge in [-0.05, 0) is 11.5 Å². The number of rotatable bonds is 4. The molecule has 0 unspecified atom stereocenters. The second-order valence-electron chi connectivity index (χ2n) is 4.71. The van der Waals surface area contributed by atoms with Crippen LogP contribution in [0.5, 0.6) is 0 Å². The molecule has 0 N–H and O–H groups in total. The first-order chi connectivity index (χ1) is 7.59. The summed E-state index contributed by atoms with van der Waals surface area (Å²) in [5.41, 5.74) is 1.27. The minimum Gasteiger partial charge on any atom is -0.366 e. The van der Waals surface area contributed by atoms with Gasteiger partial charge >= 0.3 is 0 Å². The molecule has 0 radical (unpaired) electrons. The molecule has 1 aromatic rings. The molecule has 0 saturated carbocycles. The normalized spacial score (nSPS) is 11.9. The molecule has 0 saturated heterocycles. The molecule has 1 aromatic carbocycles. The van der Waals surface area contributed by atoms with Crippen LogP contribution in [0.2, 0.25) is 0 Å². The van der Waals surface area contributed by atoms with E-state index in [0.717, 1.165) is 13.0 Å². The van der Waals surface area contributed by atoms with Crippen LogP contribution in [0.3, 0.4) is 0 Å². The van der Waals surface area contributed by atoms with Crippen LogP contribution in [0.1, 0.15) is 25.8 Å². The van der Waals surface area contributed by atoms with Gasteiger partial charge in [-0.15, -0.1) is 0 Å². The molecule has 88 valence electrons. The molecule has 16 heavy (non-hydrogen) atoms. The Morgan fingerprint density at radius 3 is 2.31 bits per heavy atom. The van der Waals surface area contributed by atoms with Crippen LogP contribution >= 0.6 is 0 Å². The lowest BCUT2D eigenvalue weighted by Gasteiger charge is -2.17.